The van der Waals surface area contributed by atoms with E-state index in [0.717, 1.165) is 32.2 Å². The lowest BCUT2D eigenvalue weighted by molar-refractivity contribution is 0.198. The highest BCUT2D eigenvalue weighted by Crippen LogP contribution is 2.32. The minimum atomic E-state index is 0.0440. The third-order valence-corrected chi connectivity index (χ3v) is 6.45. The van der Waals surface area contributed by atoms with Crippen molar-refractivity contribution in [1.29, 1.82) is 0 Å². The molecule has 0 fully saturated rings. The summed E-state index contributed by atoms with van der Waals surface area (Å²) in [7, 11) is 0. The Balaban J connectivity index is 5.31. The minimum Gasteiger partial charge on any atom is -0.314 e. The van der Waals surface area contributed by atoms with Gasteiger partial charge in [-0.25, -0.2) is 0 Å². The van der Waals surface area contributed by atoms with E-state index in [2.05, 4.69) is 85.2 Å². The Morgan fingerprint density at radius 3 is 2.00 bits per heavy atom. The van der Waals surface area contributed by atoms with Gasteiger partial charge in [0.1, 0.15) is 0 Å². The van der Waals surface area contributed by atoms with Crippen molar-refractivity contribution in [3.63, 3.8) is 0 Å². The third-order valence-electron chi connectivity index (χ3n) is 6.45. The normalized spacial score (nSPS) is 17.3. The number of rotatable bonds is 16. The lowest BCUT2D eigenvalue weighted by Gasteiger charge is -2.46. The zero-order valence-corrected chi connectivity index (χ0v) is 20.4. The summed E-state index contributed by atoms with van der Waals surface area (Å²) in [6.07, 6.45) is 8.31. The first-order chi connectivity index (χ1) is 12.6. The Morgan fingerprint density at radius 1 is 0.926 bits per heavy atom. The molecule has 0 aliphatic rings. The molecule has 0 bridgehead atoms. The smallest absolute Gasteiger partial charge is 0.0568 e. The van der Waals surface area contributed by atoms with Crippen molar-refractivity contribution in [3.8, 4) is 0 Å². The molecule has 3 unspecified atom stereocenters. The summed E-state index contributed by atoms with van der Waals surface area (Å²) in [6, 6.07) is 2.58. The number of unbranched alkanes of at least 4 members (excludes halogenated alkanes) is 1. The number of nitrogens with one attached hydrogen (secondary N) is 3. The number of hydrogen-bond donors (Lipinski definition) is 3. The Hall–Kier alpha value is -0.120. The molecule has 0 rings (SSSR count). The first-order valence-electron chi connectivity index (χ1n) is 11.7. The molecule has 0 saturated carbocycles. The van der Waals surface area contributed by atoms with Gasteiger partial charge >= 0.3 is 0 Å². The maximum atomic E-state index is 4.05. The Morgan fingerprint density at radius 2 is 1.56 bits per heavy atom. The second kappa shape index (κ2) is 13.2. The van der Waals surface area contributed by atoms with Crippen LogP contribution in [0.3, 0.4) is 0 Å². The standard InChI is InChI=1S/C24H52N3/c1-11-15-16-20(7)25-18-17-24(14-4,26-21(8)19(5)6)22(12-2)27-23(9,10)13-3/h19-21,25-27H,11-18H2,1-10H3. The van der Waals surface area contributed by atoms with Crippen LogP contribution in [-0.4, -0.2) is 29.7 Å². The largest absolute Gasteiger partial charge is 0.314 e. The second-order valence-electron chi connectivity index (χ2n) is 9.55. The lowest BCUT2D eigenvalue weighted by Crippen LogP contribution is -2.61. The van der Waals surface area contributed by atoms with Gasteiger partial charge in [0.15, 0.2) is 0 Å². The van der Waals surface area contributed by atoms with Gasteiger partial charge in [-0.15, -0.1) is 0 Å². The van der Waals surface area contributed by atoms with Crippen LogP contribution in [0.2, 0.25) is 0 Å². The van der Waals surface area contributed by atoms with E-state index in [1.54, 1.807) is 0 Å². The molecule has 3 nitrogen and oxygen atoms in total. The van der Waals surface area contributed by atoms with Crippen LogP contribution in [0.4, 0.5) is 0 Å². The molecule has 0 heterocycles. The van der Waals surface area contributed by atoms with E-state index in [0.29, 0.717) is 18.0 Å². The predicted octanol–water partition coefficient (Wildman–Crippen LogP) is 6.05. The monoisotopic (exact) mass is 382 g/mol. The Labute approximate surface area is 172 Å². The van der Waals surface area contributed by atoms with E-state index in [-0.39, 0.29) is 11.1 Å². The van der Waals surface area contributed by atoms with Crippen molar-refractivity contribution >= 4 is 0 Å². The summed E-state index contributed by atoms with van der Waals surface area (Å²) in [5.74, 6) is 0.629. The molecule has 0 saturated heterocycles. The second-order valence-corrected chi connectivity index (χ2v) is 9.55. The van der Waals surface area contributed by atoms with Gasteiger partial charge in [-0.3, -0.25) is 0 Å². The van der Waals surface area contributed by atoms with Crippen LogP contribution in [0.1, 0.15) is 114 Å². The molecule has 0 aromatic heterocycles. The summed E-state index contributed by atoms with van der Waals surface area (Å²) in [5, 5.41) is 11.8. The molecule has 27 heavy (non-hydrogen) atoms. The van der Waals surface area contributed by atoms with Crippen molar-refractivity contribution in [3.05, 3.63) is 6.04 Å². The molecule has 3 N–H and O–H groups in total. The summed E-state index contributed by atoms with van der Waals surface area (Å²) >= 11 is 0. The zero-order valence-electron chi connectivity index (χ0n) is 20.4. The van der Waals surface area contributed by atoms with Crippen molar-refractivity contribution in [2.75, 3.05) is 6.54 Å². The summed E-state index contributed by atoms with van der Waals surface area (Å²) in [6.45, 7) is 24.2. The fourth-order valence-corrected chi connectivity index (χ4v) is 3.59. The van der Waals surface area contributed by atoms with Crippen molar-refractivity contribution < 1.29 is 0 Å². The molecular formula is C24H52N3. The molecule has 0 spiro atoms. The molecule has 0 aromatic rings. The summed E-state index contributed by atoms with van der Waals surface area (Å²) in [5.41, 5.74) is 0.179. The average molecular weight is 383 g/mol. The highest BCUT2D eigenvalue weighted by Gasteiger charge is 2.40. The van der Waals surface area contributed by atoms with E-state index < -0.39 is 0 Å². The number of hydrogen-bond acceptors (Lipinski definition) is 3. The highest BCUT2D eigenvalue weighted by molar-refractivity contribution is 5.14. The van der Waals surface area contributed by atoms with Crippen LogP contribution in [0.15, 0.2) is 0 Å². The third kappa shape index (κ3) is 9.76. The molecule has 163 valence electrons. The topological polar surface area (TPSA) is 36.1 Å². The fraction of sp³-hybridized carbons (Fsp3) is 0.958. The van der Waals surface area contributed by atoms with Crippen LogP contribution in [-0.2, 0) is 0 Å². The zero-order chi connectivity index (χ0) is 21.1. The van der Waals surface area contributed by atoms with Gasteiger partial charge in [-0.05, 0) is 72.3 Å². The maximum Gasteiger partial charge on any atom is 0.0568 e. The van der Waals surface area contributed by atoms with Gasteiger partial charge in [0.25, 0.3) is 0 Å². The van der Waals surface area contributed by atoms with Crippen LogP contribution in [0, 0.1) is 12.0 Å². The molecule has 0 aliphatic carbocycles. The van der Waals surface area contributed by atoms with Crippen molar-refractivity contribution in [1.82, 2.24) is 16.0 Å². The quantitative estimate of drug-likeness (QED) is 0.304. The molecule has 0 aromatic carbocycles. The Bertz CT molecular complexity index is 367. The van der Waals surface area contributed by atoms with Crippen LogP contribution in [0.5, 0.6) is 0 Å². The molecule has 0 aliphatic heterocycles. The van der Waals surface area contributed by atoms with Gasteiger partial charge in [0.2, 0.25) is 0 Å². The molecule has 3 heteroatoms. The van der Waals surface area contributed by atoms with E-state index in [1.165, 1.54) is 25.3 Å². The van der Waals surface area contributed by atoms with E-state index in [9.17, 15) is 0 Å². The van der Waals surface area contributed by atoms with Gasteiger partial charge in [-0.2, -0.15) is 0 Å². The average Bonchev–Trinajstić information content (AvgIpc) is 2.63. The first kappa shape index (κ1) is 26.9. The molecule has 0 amide bonds. The predicted molar refractivity (Wildman–Crippen MR) is 123 cm³/mol. The molecule has 3 atom stereocenters. The fourth-order valence-electron chi connectivity index (χ4n) is 3.59. The van der Waals surface area contributed by atoms with E-state index in [1.807, 2.05) is 0 Å². The molecular weight excluding hydrogens is 330 g/mol. The van der Waals surface area contributed by atoms with Gasteiger partial charge in [-0.1, -0.05) is 54.4 Å². The first-order valence-corrected chi connectivity index (χ1v) is 11.7. The summed E-state index contributed by atoms with van der Waals surface area (Å²) in [4.78, 5) is 0. The van der Waals surface area contributed by atoms with Crippen LogP contribution in [0.25, 0.3) is 0 Å². The maximum absolute atomic E-state index is 4.05. The Kier molecular flexibility index (Phi) is 13.1. The highest BCUT2D eigenvalue weighted by atomic mass is 15.1. The van der Waals surface area contributed by atoms with Crippen LogP contribution >= 0.6 is 0 Å². The van der Waals surface area contributed by atoms with E-state index in [4.69, 9.17) is 0 Å². The molecule has 1 radical (unpaired) electrons. The van der Waals surface area contributed by atoms with Gasteiger partial charge in [0.05, 0.1) is 6.04 Å². The van der Waals surface area contributed by atoms with E-state index >= 15 is 0 Å². The minimum absolute atomic E-state index is 0.0440. The summed E-state index contributed by atoms with van der Waals surface area (Å²) < 4.78 is 0. The van der Waals surface area contributed by atoms with Gasteiger partial charge in [0, 0.05) is 23.2 Å². The van der Waals surface area contributed by atoms with Crippen molar-refractivity contribution in [2.24, 2.45) is 5.92 Å². The lowest BCUT2D eigenvalue weighted by atomic mass is 9.79. The van der Waals surface area contributed by atoms with Gasteiger partial charge < -0.3 is 16.0 Å². The van der Waals surface area contributed by atoms with Crippen LogP contribution < -0.4 is 16.0 Å². The SMILES string of the molecule is CCCCC(C)NCCC(CC)(NC(C)C(C)C)[C](CC)NC(C)(C)CC. The van der Waals surface area contributed by atoms with Crippen molar-refractivity contribution in [2.45, 2.75) is 137 Å².